The fourth-order valence-electron chi connectivity index (χ4n) is 5.82. The standard InChI is InChI=1S/C30H35N5O4S/c1-5-39-30(36)26-21(4)31-29-28(27(26)22-9-7-10-23(18-22)35(37)38)24(32-40-29)12-13-33-14-16-34(17-15-33)25-11-6-8-19(2)20(25)3/h6-11,18,26-27H,5,12-17H2,1-4H3. The summed E-state index contributed by atoms with van der Waals surface area (Å²) in [4.78, 5) is 34.0. The number of carbonyl (C=O) groups excluding carboxylic acids is 1. The maximum absolute atomic E-state index is 13.2. The molecule has 0 spiro atoms. The maximum atomic E-state index is 13.2. The van der Waals surface area contributed by atoms with Gasteiger partial charge >= 0.3 is 5.97 Å². The molecule has 0 saturated carbocycles. The summed E-state index contributed by atoms with van der Waals surface area (Å²) >= 11 is 1.33. The first-order valence-electron chi connectivity index (χ1n) is 13.8. The molecule has 3 aromatic rings. The smallest absolute Gasteiger partial charge is 0.315 e. The van der Waals surface area contributed by atoms with Crippen LogP contribution in [0.2, 0.25) is 0 Å². The third-order valence-corrected chi connectivity index (χ3v) is 8.89. The summed E-state index contributed by atoms with van der Waals surface area (Å²) in [5.41, 5.74) is 7.09. The maximum Gasteiger partial charge on any atom is 0.315 e. The summed E-state index contributed by atoms with van der Waals surface area (Å²) in [5, 5.41) is 12.3. The van der Waals surface area contributed by atoms with E-state index in [0.717, 1.165) is 49.0 Å². The molecule has 2 aromatic carbocycles. The monoisotopic (exact) mass is 561 g/mol. The fraction of sp³-hybridized carbons (Fsp3) is 0.433. The highest BCUT2D eigenvalue weighted by atomic mass is 32.1. The molecule has 3 heterocycles. The zero-order valence-corrected chi connectivity index (χ0v) is 24.2. The number of aryl methyl sites for hydroxylation is 1. The Morgan fingerprint density at radius 3 is 2.60 bits per heavy atom. The third kappa shape index (κ3) is 5.51. The number of non-ortho nitro benzene ring substituents is 1. The third-order valence-electron chi connectivity index (χ3n) is 8.09. The van der Waals surface area contributed by atoms with E-state index >= 15 is 0 Å². The molecular formula is C30H35N5O4S. The lowest BCUT2D eigenvalue weighted by molar-refractivity contribution is -0.384. The van der Waals surface area contributed by atoms with Crippen molar-refractivity contribution in [2.24, 2.45) is 10.9 Å². The van der Waals surface area contributed by atoms with Crippen molar-refractivity contribution in [3.63, 3.8) is 0 Å². The van der Waals surface area contributed by atoms with E-state index in [2.05, 4.69) is 41.8 Å². The predicted octanol–water partition coefficient (Wildman–Crippen LogP) is 5.45. The van der Waals surface area contributed by atoms with Crippen LogP contribution in [0.15, 0.2) is 47.5 Å². The first-order valence-corrected chi connectivity index (χ1v) is 14.5. The van der Waals surface area contributed by atoms with Gasteiger partial charge in [-0.15, -0.1) is 0 Å². The lowest BCUT2D eigenvalue weighted by Gasteiger charge is -2.37. The Morgan fingerprint density at radius 2 is 1.88 bits per heavy atom. The predicted molar refractivity (Wildman–Crippen MR) is 158 cm³/mol. The van der Waals surface area contributed by atoms with Crippen molar-refractivity contribution in [1.82, 2.24) is 9.27 Å². The minimum absolute atomic E-state index is 0.00622. The van der Waals surface area contributed by atoms with Gasteiger partial charge in [-0.05, 0) is 62.0 Å². The summed E-state index contributed by atoms with van der Waals surface area (Å²) in [7, 11) is 0. The molecule has 10 heteroatoms. The Hall–Kier alpha value is -3.63. The molecule has 2 aliphatic heterocycles. The van der Waals surface area contributed by atoms with Crippen LogP contribution in [0.4, 0.5) is 16.4 Å². The number of nitro benzene ring substituents is 1. The van der Waals surface area contributed by atoms with Crippen molar-refractivity contribution in [1.29, 1.82) is 0 Å². The van der Waals surface area contributed by atoms with Crippen LogP contribution >= 0.6 is 11.5 Å². The molecule has 210 valence electrons. The summed E-state index contributed by atoms with van der Waals surface area (Å²) in [6, 6.07) is 13.0. The highest BCUT2D eigenvalue weighted by Gasteiger charge is 2.41. The summed E-state index contributed by atoms with van der Waals surface area (Å²) < 4.78 is 10.2. The molecule has 40 heavy (non-hydrogen) atoms. The fourth-order valence-corrected chi connectivity index (χ4v) is 6.73. The molecule has 0 bridgehead atoms. The molecule has 2 unspecified atom stereocenters. The zero-order chi connectivity index (χ0) is 28.4. The van der Waals surface area contributed by atoms with E-state index in [4.69, 9.17) is 14.1 Å². The largest absolute Gasteiger partial charge is 0.465 e. The van der Waals surface area contributed by atoms with Crippen LogP contribution in [0.1, 0.15) is 47.7 Å². The lowest BCUT2D eigenvalue weighted by atomic mass is 9.76. The zero-order valence-electron chi connectivity index (χ0n) is 23.4. The van der Waals surface area contributed by atoms with Gasteiger partial charge < -0.3 is 9.64 Å². The topological polar surface area (TPSA) is 101 Å². The summed E-state index contributed by atoms with van der Waals surface area (Å²) in [6.07, 6.45) is 0.713. The van der Waals surface area contributed by atoms with Crippen molar-refractivity contribution in [3.8, 4) is 0 Å². The number of fused-ring (bicyclic) bond motifs is 1. The molecule has 2 atom stereocenters. The number of rotatable bonds is 8. The van der Waals surface area contributed by atoms with Gasteiger partial charge in [0.2, 0.25) is 0 Å². The average molecular weight is 562 g/mol. The van der Waals surface area contributed by atoms with Crippen LogP contribution in [0.25, 0.3) is 0 Å². The minimum atomic E-state index is -0.661. The van der Waals surface area contributed by atoms with Crippen LogP contribution < -0.4 is 4.90 Å². The molecule has 1 aromatic heterocycles. The van der Waals surface area contributed by atoms with Crippen molar-refractivity contribution < 1.29 is 14.5 Å². The van der Waals surface area contributed by atoms with Crippen LogP contribution in [-0.4, -0.2) is 65.2 Å². The van der Waals surface area contributed by atoms with E-state index in [1.54, 1.807) is 19.1 Å². The van der Waals surface area contributed by atoms with E-state index in [1.807, 2.05) is 13.0 Å². The Kier molecular flexibility index (Phi) is 8.27. The number of hydrogen-bond acceptors (Lipinski definition) is 9. The lowest BCUT2D eigenvalue weighted by Crippen LogP contribution is -2.47. The molecule has 1 fully saturated rings. The Balaban J connectivity index is 1.38. The number of ether oxygens (including phenoxy) is 1. The van der Waals surface area contributed by atoms with Gasteiger partial charge in [0.15, 0.2) is 0 Å². The highest BCUT2D eigenvalue weighted by molar-refractivity contribution is 7.10. The number of aliphatic imine (C=N–C) groups is 1. The molecule has 0 N–H and O–H groups in total. The van der Waals surface area contributed by atoms with Crippen molar-refractivity contribution >= 4 is 39.6 Å². The molecule has 0 amide bonds. The van der Waals surface area contributed by atoms with Gasteiger partial charge in [-0.1, -0.05) is 24.3 Å². The van der Waals surface area contributed by atoms with Gasteiger partial charge in [-0.25, -0.2) is 4.99 Å². The van der Waals surface area contributed by atoms with Gasteiger partial charge in [0.1, 0.15) is 10.9 Å². The highest BCUT2D eigenvalue weighted by Crippen LogP contribution is 2.47. The number of benzene rings is 2. The van der Waals surface area contributed by atoms with Crippen molar-refractivity contribution in [2.75, 3.05) is 44.2 Å². The number of carbonyl (C=O) groups is 1. The second kappa shape index (κ2) is 11.9. The van der Waals surface area contributed by atoms with Gasteiger partial charge in [-0.2, -0.15) is 4.37 Å². The van der Waals surface area contributed by atoms with Crippen LogP contribution in [-0.2, 0) is 16.0 Å². The number of nitro groups is 1. The Morgan fingerprint density at radius 1 is 1.12 bits per heavy atom. The molecule has 1 saturated heterocycles. The van der Waals surface area contributed by atoms with Crippen LogP contribution in [0.3, 0.4) is 0 Å². The van der Waals surface area contributed by atoms with E-state index < -0.39 is 16.8 Å². The second-order valence-corrected chi connectivity index (χ2v) is 11.2. The van der Waals surface area contributed by atoms with Gasteiger partial charge in [0, 0.05) is 74.2 Å². The number of esters is 1. The molecule has 9 nitrogen and oxygen atoms in total. The first-order chi connectivity index (χ1) is 19.3. The Bertz CT molecular complexity index is 1440. The van der Waals surface area contributed by atoms with Gasteiger partial charge in [0.25, 0.3) is 5.69 Å². The van der Waals surface area contributed by atoms with E-state index in [9.17, 15) is 14.9 Å². The van der Waals surface area contributed by atoms with Crippen molar-refractivity contribution in [3.05, 3.63) is 80.5 Å². The number of aromatic nitrogens is 1. The second-order valence-electron chi connectivity index (χ2n) is 10.5. The molecule has 0 radical (unpaired) electrons. The van der Waals surface area contributed by atoms with Gasteiger partial charge in [0.05, 0.1) is 17.2 Å². The summed E-state index contributed by atoms with van der Waals surface area (Å²) in [5.74, 6) is -1.47. The molecule has 0 aliphatic carbocycles. The summed E-state index contributed by atoms with van der Waals surface area (Å²) in [6.45, 7) is 12.9. The van der Waals surface area contributed by atoms with E-state index in [1.165, 1.54) is 34.4 Å². The van der Waals surface area contributed by atoms with Crippen LogP contribution in [0, 0.1) is 29.9 Å². The SMILES string of the molecule is CCOC(=O)C1C(C)=Nc2snc(CCN3CCN(c4cccc(C)c4C)CC3)c2C1c1cccc([N+](=O)[O-])c1. The molecule has 5 rings (SSSR count). The number of anilines is 1. The first kappa shape index (κ1) is 27.9. The van der Waals surface area contributed by atoms with E-state index in [-0.39, 0.29) is 18.3 Å². The van der Waals surface area contributed by atoms with Crippen LogP contribution in [0.5, 0.6) is 0 Å². The molecular weight excluding hydrogens is 526 g/mol. The minimum Gasteiger partial charge on any atom is -0.465 e. The van der Waals surface area contributed by atoms with Crippen molar-refractivity contribution in [2.45, 2.75) is 40.0 Å². The van der Waals surface area contributed by atoms with E-state index in [0.29, 0.717) is 17.7 Å². The normalized spacial score (nSPS) is 19.2. The number of piperazine rings is 1. The number of nitrogens with zero attached hydrogens (tertiary/aromatic N) is 5. The number of hydrogen-bond donors (Lipinski definition) is 0. The molecule has 2 aliphatic rings. The quantitative estimate of drug-likeness (QED) is 0.205. The Labute approximate surface area is 238 Å². The van der Waals surface area contributed by atoms with Gasteiger partial charge in [-0.3, -0.25) is 19.8 Å². The average Bonchev–Trinajstić information content (AvgIpc) is 3.35.